The maximum atomic E-state index is 11.4. The van der Waals surface area contributed by atoms with E-state index < -0.39 is 5.79 Å². The molecule has 0 bridgehead atoms. The lowest BCUT2D eigenvalue weighted by Crippen LogP contribution is -2.22. The molecule has 4 heteroatoms. The second-order valence-electron chi connectivity index (χ2n) is 3.58. The first kappa shape index (κ1) is 9.89. The van der Waals surface area contributed by atoms with Gasteiger partial charge >= 0.3 is 0 Å². The number of phenols is 1. The number of allylic oxidation sites excluding steroid dienone is 1. The smallest absolute Gasteiger partial charge is 0.191 e. The van der Waals surface area contributed by atoms with Gasteiger partial charge in [0, 0.05) is 5.57 Å². The normalized spacial score (nSPS) is 19.1. The summed E-state index contributed by atoms with van der Waals surface area (Å²) in [4.78, 5) is 11.4. The van der Waals surface area contributed by atoms with Crippen molar-refractivity contribution in [1.82, 2.24) is 0 Å². The fraction of sp³-hybridized carbons (Fsp3) is 0.182. The predicted molar refractivity (Wildman–Crippen MR) is 52.9 cm³/mol. The number of carbonyl (C=O) groups is 1. The lowest BCUT2D eigenvalue weighted by atomic mass is 10.0. The summed E-state index contributed by atoms with van der Waals surface area (Å²) in [5.74, 6) is -2.25. The van der Waals surface area contributed by atoms with Gasteiger partial charge in [-0.05, 0) is 23.8 Å². The topological polar surface area (TPSA) is 77.8 Å². The van der Waals surface area contributed by atoms with Crippen molar-refractivity contribution in [2.24, 2.45) is 0 Å². The summed E-state index contributed by atoms with van der Waals surface area (Å²) >= 11 is 0. The molecule has 0 aromatic heterocycles. The summed E-state index contributed by atoms with van der Waals surface area (Å²) in [7, 11) is 0. The van der Waals surface area contributed by atoms with Crippen LogP contribution in [-0.4, -0.2) is 26.9 Å². The van der Waals surface area contributed by atoms with E-state index in [1.165, 1.54) is 12.1 Å². The number of carbonyl (C=O) groups excluding carboxylic acids is 1. The van der Waals surface area contributed by atoms with Crippen molar-refractivity contribution < 1.29 is 20.1 Å². The van der Waals surface area contributed by atoms with Crippen LogP contribution in [0.1, 0.15) is 12.0 Å². The largest absolute Gasteiger partial charge is 0.508 e. The second-order valence-corrected chi connectivity index (χ2v) is 3.58. The molecule has 1 aliphatic carbocycles. The molecule has 0 saturated carbocycles. The minimum atomic E-state index is -2.04. The van der Waals surface area contributed by atoms with Gasteiger partial charge in [-0.25, -0.2) is 0 Å². The Morgan fingerprint density at radius 2 is 1.73 bits per heavy atom. The molecular formula is C11H10O4. The van der Waals surface area contributed by atoms with Crippen LogP contribution < -0.4 is 0 Å². The highest BCUT2D eigenvalue weighted by molar-refractivity contribution is 6.23. The Bertz CT molecular complexity index is 428. The van der Waals surface area contributed by atoms with E-state index in [1.807, 2.05) is 0 Å². The zero-order chi connectivity index (χ0) is 11.1. The van der Waals surface area contributed by atoms with E-state index in [1.54, 1.807) is 12.1 Å². The van der Waals surface area contributed by atoms with Crippen molar-refractivity contribution in [2.75, 3.05) is 0 Å². The van der Waals surface area contributed by atoms with Crippen LogP contribution in [0.5, 0.6) is 5.75 Å². The van der Waals surface area contributed by atoms with Crippen molar-refractivity contribution in [2.45, 2.75) is 12.2 Å². The van der Waals surface area contributed by atoms with Crippen LogP contribution in [0.2, 0.25) is 0 Å². The molecule has 0 saturated heterocycles. The van der Waals surface area contributed by atoms with Crippen molar-refractivity contribution in [3.63, 3.8) is 0 Å². The Morgan fingerprint density at radius 3 is 2.20 bits per heavy atom. The molecule has 0 amide bonds. The lowest BCUT2D eigenvalue weighted by molar-refractivity contribution is -0.136. The van der Waals surface area contributed by atoms with E-state index in [4.69, 9.17) is 5.11 Å². The van der Waals surface area contributed by atoms with Gasteiger partial charge in [-0.3, -0.25) is 4.79 Å². The average Bonchev–Trinajstić information content (AvgIpc) is 2.41. The number of Topliss-reactive ketones (excluding diaryl/α,β-unsaturated/α-hetero) is 1. The first-order chi connectivity index (χ1) is 6.98. The standard InChI is InChI=1S/C11H10O4/c12-8-3-1-7(2-4-8)9-5-11(14,15)6-10(9)13/h1-5,12,14-15H,6H2. The molecule has 0 radical (unpaired) electrons. The molecule has 2 rings (SSSR count). The fourth-order valence-corrected chi connectivity index (χ4v) is 1.58. The van der Waals surface area contributed by atoms with Crippen molar-refractivity contribution in [3.05, 3.63) is 35.9 Å². The molecule has 0 fully saturated rings. The third-order valence-corrected chi connectivity index (χ3v) is 2.27. The number of aliphatic hydroxyl groups is 2. The van der Waals surface area contributed by atoms with Crippen LogP contribution in [0.15, 0.2) is 30.3 Å². The Balaban J connectivity index is 2.40. The van der Waals surface area contributed by atoms with E-state index >= 15 is 0 Å². The van der Waals surface area contributed by atoms with Crippen molar-refractivity contribution in [1.29, 1.82) is 0 Å². The summed E-state index contributed by atoms with van der Waals surface area (Å²) in [6.45, 7) is 0. The quantitative estimate of drug-likeness (QED) is 0.582. The molecule has 0 spiro atoms. The van der Waals surface area contributed by atoms with E-state index in [9.17, 15) is 15.0 Å². The first-order valence-electron chi connectivity index (χ1n) is 4.48. The molecule has 1 aromatic rings. The van der Waals surface area contributed by atoms with Crippen molar-refractivity contribution in [3.8, 4) is 5.75 Å². The molecule has 0 heterocycles. The van der Waals surface area contributed by atoms with Gasteiger partial charge in [0.15, 0.2) is 11.6 Å². The van der Waals surface area contributed by atoms with Gasteiger partial charge in [0.2, 0.25) is 0 Å². The highest BCUT2D eigenvalue weighted by atomic mass is 16.5. The van der Waals surface area contributed by atoms with E-state index in [-0.39, 0.29) is 23.5 Å². The predicted octanol–water partition coefficient (Wildman–Crippen LogP) is 0.429. The van der Waals surface area contributed by atoms with Gasteiger partial charge < -0.3 is 15.3 Å². The average molecular weight is 206 g/mol. The summed E-state index contributed by atoms with van der Waals surface area (Å²) in [6.07, 6.45) is 0.810. The molecule has 1 aromatic carbocycles. The highest BCUT2D eigenvalue weighted by Gasteiger charge is 2.34. The van der Waals surface area contributed by atoms with Gasteiger partial charge in [-0.2, -0.15) is 0 Å². The molecule has 0 atom stereocenters. The van der Waals surface area contributed by atoms with Crippen LogP contribution in [0.25, 0.3) is 5.57 Å². The monoisotopic (exact) mass is 206 g/mol. The Hall–Kier alpha value is -1.65. The molecule has 15 heavy (non-hydrogen) atoms. The Kier molecular flexibility index (Phi) is 2.10. The molecule has 1 aliphatic rings. The zero-order valence-corrected chi connectivity index (χ0v) is 7.84. The van der Waals surface area contributed by atoms with E-state index in [0.29, 0.717) is 5.56 Å². The number of aromatic hydroxyl groups is 1. The van der Waals surface area contributed by atoms with Crippen molar-refractivity contribution >= 4 is 11.4 Å². The summed E-state index contributed by atoms with van der Waals surface area (Å²) in [5.41, 5.74) is 0.850. The number of phenolic OH excluding ortho intramolecular Hbond substituents is 1. The number of ketones is 1. The number of hydrogen-bond donors (Lipinski definition) is 3. The third-order valence-electron chi connectivity index (χ3n) is 2.27. The van der Waals surface area contributed by atoms with E-state index in [0.717, 1.165) is 6.08 Å². The summed E-state index contributed by atoms with van der Waals surface area (Å²) < 4.78 is 0. The Morgan fingerprint density at radius 1 is 1.13 bits per heavy atom. The maximum Gasteiger partial charge on any atom is 0.191 e. The SMILES string of the molecule is O=C1CC(O)(O)C=C1c1ccc(O)cc1. The lowest BCUT2D eigenvalue weighted by Gasteiger charge is -2.07. The number of hydrogen-bond acceptors (Lipinski definition) is 4. The minimum Gasteiger partial charge on any atom is -0.508 e. The van der Waals surface area contributed by atoms with Crippen LogP contribution in [0.4, 0.5) is 0 Å². The number of rotatable bonds is 1. The van der Waals surface area contributed by atoms with Crippen LogP contribution >= 0.6 is 0 Å². The maximum absolute atomic E-state index is 11.4. The van der Waals surface area contributed by atoms with Gasteiger partial charge in [0.1, 0.15) is 5.75 Å². The second kappa shape index (κ2) is 3.18. The molecule has 4 nitrogen and oxygen atoms in total. The number of benzene rings is 1. The molecule has 0 unspecified atom stereocenters. The molecule has 0 aliphatic heterocycles. The van der Waals surface area contributed by atoms with Crippen LogP contribution in [0.3, 0.4) is 0 Å². The summed E-state index contributed by atoms with van der Waals surface area (Å²) in [5, 5.41) is 27.6. The molecular weight excluding hydrogens is 196 g/mol. The zero-order valence-electron chi connectivity index (χ0n) is 7.84. The third kappa shape index (κ3) is 1.91. The highest BCUT2D eigenvalue weighted by Crippen LogP contribution is 2.30. The first-order valence-corrected chi connectivity index (χ1v) is 4.48. The molecule has 3 N–H and O–H groups in total. The van der Waals surface area contributed by atoms with Gasteiger partial charge in [0.05, 0.1) is 6.42 Å². The Labute approximate surface area is 86.1 Å². The minimum absolute atomic E-state index is 0.101. The van der Waals surface area contributed by atoms with Gasteiger partial charge in [0.25, 0.3) is 0 Å². The summed E-state index contributed by atoms with van der Waals surface area (Å²) in [6, 6.07) is 6.00. The molecule has 78 valence electrons. The van der Waals surface area contributed by atoms with Crippen LogP contribution in [0, 0.1) is 0 Å². The van der Waals surface area contributed by atoms with Gasteiger partial charge in [-0.15, -0.1) is 0 Å². The van der Waals surface area contributed by atoms with Crippen LogP contribution in [-0.2, 0) is 4.79 Å². The van der Waals surface area contributed by atoms with Gasteiger partial charge in [-0.1, -0.05) is 12.1 Å². The van der Waals surface area contributed by atoms with E-state index in [2.05, 4.69) is 0 Å². The fourth-order valence-electron chi connectivity index (χ4n) is 1.58.